The lowest BCUT2D eigenvalue weighted by atomic mass is 9.93. The molecule has 12 heavy (non-hydrogen) atoms. The summed E-state index contributed by atoms with van der Waals surface area (Å²) in [6, 6.07) is 0.289. The smallest absolute Gasteiger partial charge is 0.0726 e. The fourth-order valence-electron chi connectivity index (χ4n) is 1.65. The van der Waals surface area contributed by atoms with Crippen molar-refractivity contribution >= 4 is 0 Å². The lowest BCUT2D eigenvalue weighted by molar-refractivity contribution is 0.00160. The number of hydrogen-bond acceptors (Lipinski definition) is 2. The van der Waals surface area contributed by atoms with Gasteiger partial charge in [-0.05, 0) is 18.8 Å². The highest BCUT2D eigenvalue weighted by Gasteiger charge is 2.22. The summed E-state index contributed by atoms with van der Waals surface area (Å²) in [5.41, 5.74) is 5.94. The Kier molecular flexibility index (Phi) is 4.02. The van der Waals surface area contributed by atoms with Gasteiger partial charge in [0.1, 0.15) is 0 Å². The van der Waals surface area contributed by atoms with Gasteiger partial charge in [-0.3, -0.25) is 0 Å². The van der Waals surface area contributed by atoms with Crippen LogP contribution in [0.3, 0.4) is 0 Å². The van der Waals surface area contributed by atoms with Crippen LogP contribution in [0.4, 0.5) is 0 Å². The molecule has 2 unspecified atom stereocenters. The molecule has 2 heteroatoms. The molecule has 0 aromatic heterocycles. The van der Waals surface area contributed by atoms with Crippen LogP contribution in [0.2, 0.25) is 0 Å². The summed E-state index contributed by atoms with van der Waals surface area (Å²) < 4.78 is 5.73. The summed E-state index contributed by atoms with van der Waals surface area (Å²) in [7, 11) is 0. The molecule has 2 nitrogen and oxygen atoms in total. The predicted octanol–water partition coefficient (Wildman–Crippen LogP) is 1.93. The van der Waals surface area contributed by atoms with Crippen LogP contribution >= 0.6 is 0 Å². The second-order valence-corrected chi connectivity index (χ2v) is 4.21. The Labute approximate surface area is 75.5 Å². The zero-order valence-electron chi connectivity index (χ0n) is 8.25. The Morgan fingerprint density at radius 2 is 2.00 bits per heavy atom. The quantitative estimate of drug-likeness (QED) is 0.704. The summed E-state index contributed by atoms with van der Waals surface area (Å²) in [5, 5.41) is 0. The molecule has 72 valence electrons. The first-order valence-electron chi connectivity index (χ1n) is 5.07. The summed E-state index contributed by atoms with van der Waals surface area (Å²) in [4.78, 5) is 0. The third-order valence-electron chi connectivity index (χ3n) is 2.40. The van der Waals surface area contributed by atoms with E-state index < -0.39 is 0 Å². The summed E-state index contributed by atoms with van der Waals surface area (Å²) >= 11 is 0. The van der Waals surface area contributed by atoms with Gasteiger partial charge in [-0.15, -0.1) is 0 Å². The minimum Gasteiger partial charge on any atom is -0.376 e. The van der Waals surface area contributed by atoms with E-state index >= 15 is 0 Å². The van der Waals surface area contributed by atoms with Gasteiger partial charge < -0.3 is 10.5 Å². The normalized spacial score (nSPS) is 31.0. The fraction of sp³-hybridized carbons (Fsp3) is 1.00. The SMILES string of the molecule is CC(C)COC1CCCCC1N. The van der Waals surface area contributed by atoms with Gasteiger partial charge in [-0.25, -0.2) is 0 Å². The number of rotatable bonds is 3. The Bertz CT molecular complexity index is 125. The first kappa shape index (κ1) is 10.0. The van der Waals surface area contributed by atoms with Crippen molar-refractivity contribution in [1.29, 1.82) is 0 Å². The van der Waals surface area contributed by atoms with Crippen LogP contribution in [0.5, 0.6) is 0 Å². The molecular weight excluding hydrogens is 150 g/mol. The van der Waals surface area contributed by atoms with E-state index in [0.717, 1.165) is 19.4 Å². The molecule has 0 aromatic rings. The summed E-state index contributed by atoms with van der Waals surface area (Å²) in [5.74, 6) is 0.624. The standard InChI is InChI=1S/C10H21NO/c1-8(2)7-12-10-6-4-3-5-9(10)11/h8-10H,3-7,11H2,1-2H3. The Hall–Kier alpha value is -0.0800. The number of hydrogen-bond donors (Lipinski definition) is 1. The topological polar surface area (TPSA) is 35.2 Å². The van der Waals surface area contributed by atoms with Gasteiger partial charge in [0.25, 0.3) is 0 Å². The molecule has 0 heterocycles. The molecule has 1 rings (SSSR count). The third-order valence-corrected chi connectivity index (χ3v) is 2.40. The van der Waals surface area contributed by atoms with Crippen LogP contribution in [0.1, 0.15) is 39.5 Å². The molecule has 0 bridgehead atoms. The Morgan fingerprint density at radius 1 is 1.33 bits per heavy atom. The van der Waals surface area contributed by atoms with Crippen molar-refractivity contribution in [2.75, 3.05) is 6.61 Å². The van der Waals surface area contributed by atoms with E-state index in [0.29, 0.717) is 12.0 Å². The first-order chi connectivity index (χ1) is 5.70. The molecule has 1 fully saturated rings. The summed E-state index contributed by atoms with van der Waals surface area (Å²) in [6.45, 7) is 5.21. The minimum absolute atomic E-state index is 0.289. The van der Waals surface area contributed by atoms with Crippen molar-refractivity contribution in [3.63, 3.8) is 0 Å². The van der Waals surface area contributed by atoms with Gasteiger partial charge in [0, 0.05) is 12.6 Å². The monoisotopic (exact) mass is 171 g/mol. The van der Waals surface area contributed by atoms with Gasteiger partial charge in [0.2, 0.25) is 0 Å². The van der Waals surface area contributed by atoms with E-state index in [1.54, 1.807) is 0 Å². The highest BCUT2D eigenvalue weighted by molar-refractivity contribution is 4.78. The van der Waals surface area contributed by atoms with E-state index in [4.69, 9.17) is 10.5 Å². The second kappa shape index (κ2) is 4.83. The van der Waals surface area contributed by atoms with Crippen molar-refractivity contribution in [3.05, 3.63) is 0 Å². The van der Waals surface area contributed by atoms with Crippen LogP contribution in [0.25, 0.3) is 0 Å². The fourth-order valence-corrected chi connectivity index (χ4v) is 1.65. The number of ether oxygens (including phenoxy) is 1. The molecule has 1 aliphatic carbocycles. The van der Waals surface area contributed by atoms with E-state index in [1.165, 1.54) is 12.8 Å². The van der Waals surface area contributed by atoms with Gasteiger partial charge in [-0.1, -0.05) is 26.7 Å². The zero-order valence-corrected chi connectivity index (χ0v) is 8.25. The zero-order chi connectivity index (χ0) is 8.97. The molecule has 0 amide bonds. The minimum atomic E-state index is 0.289. The summed E-state index contributed by atoms with van der Waals surface area (Å²) in [6.07, 6.45) is 5.21. The van der Waals surface area contributed by atoms with Crippen molar-refractivity contribution in [2.24, 2.45) is 11.7 Å². The molecule has 0 aromatic carbocycles. The molecule has 2 N–H and O–H groups in total. The predicted molar refractivity (Wildman–Crippen MR) is 51.0 cm³/mol. The van der Waals surface area contributed by atoms with E-state index in [-0.39, 0.29) is 6.04 Å². The van der Waals surface area contributed by atoms with Crippen molar-refractivity contribution in [1.82, 2.24) is 0 Å². The van der Waals surface area contributed by atoms with Crippen LogP contribution in [-0.2, 0) is 4.74 Å². The van der Waals surface area contributed by atoms with Crippen LogP contribution in [0, 0.1) is 5.92 Å². The van der Waals surface area contributed by atoms with E-state index in [1.807, 2.05) is 0 Å². The molecule has 1 aliphatic rings. The van der Waals surface area contributed by atoms with Gasteiger partial charge in [0.05, 0.1) is 6.10 Å². The molecule has 2 atom stereocenters. The second-order valence-electron chi connectivity index (χ2n) is 4.21. The van der Waals surface area contributed by atoms with Gasteiger partial charge >= 0.3 is 0 Å². The van der Waals surface area contributed by atoms with Crippen LogP contribution in [0.15, 0.2) is 0 Å². The van der Waals surface area contributed by atoms with Gasteiger partial charge in [-0.2, -0.15) is 0 Å². The molecule has 0 spiro atoms. The maximum Gasteiger partial charge on any atom is 0.0726 e. The van der Waals surface area contributed by atoms with Gasteiger partial charge in [0.15, 0.2) is 0 Å². The van der Waals surface area contributed by atoms with Crippen molar-refractivity contribution in [2.45, 2.75) is 51.7 Å². The molecule has 0 radical (unpaired) electrons. The van der Waals surface area contributed by atoms with Crippen molar-refractivity contribution in [3.8, 4) is 0 Å². The number of nitrogens with two attached hydrogens (primary N) is 1. The van der Waals surface area contributed by atoms with E-state index in [9.17, 15) is 0 Å². The highest BCUT2D eigenvalue weighted by Crippen LogP contribution is 2.20. The Balaban J connectivity index is 2.20. The maximum absolute atomic E-state index is 5.94. The molecular formula is C10H21NO. The largest absolute Gasteiger partial charge is 0.376 e. The molecule has 1 saturated carbocycles. The molecule has 0 saturated heterocycles. The first-order valence-corrected chi connectivity index (χ1v) is 5.07. The molecule has 0 aliphatic heterocycles. The lowest BCUT2D eigenvalue weighted by Gasteiger charge is -2.29. The third kappa shape index (κ3) is 3.11. The maximum atomic E-state index is 5.94. The average molecular weight is 171 g/mol. The highest BCUT2D eigenvalue weighted by atomic mass is 16.5. The van der Waals surface area contributed by atoms with Crippen LogP contribution < -0.4 is 5.73 Å². The van der Waals surface area contributed by atoms with Crippen LogP contribution in [-0.4, -0.2) is 18.8 Å². The lowest BCUT2D eigenvalue weighted by Crippen LogP contribution is -2.39. The average Bonchev–Trinajstić information content (AvgIpc) is 2.03. The van der Waals surface area contributed by atoms with Crippen molar-refractivity contribution < 1.29 is 4.74 Å². The Morgan fingerprint density at radius 3 is 2.58 bits per heavy atom. The van der Waals surface area contributed by atoms with E-state index in [2.05, 4.69) is 13.8 Å².